The first-order valence-corrected chi connectivity index (χ1v) is 9.06. The monoisotopic (exact) mass is 352 g/mol. The van der Waals surface area contributed by atoms with Gasteiger partial charge in [0.15, 0.2) is 0 Å². The minimum atomic E-state index is -0.312. The normalized spacial score (nSPS) is 15.7. The van der Waals surface area contributed by atoms with E-state index < -0.39 is 0 Å². The van der Waals surface area contributed by atoms with Gasteiger partial charge in [-0.05, 0) is 49.4 Å². The number of nitrogens with one attached hydrogen (secondary N) is 2. The molecule has 0 saturated carbocycles. The third-order valence-electron chi connectivity index (χ3n) is 4.55. The Morgan fingerprint density at radius 2 is 1.88 bits per heavy atom. The molecule has 3 rings (SSSR count). The van der Waals surface area contributed by atoms with E-state index >= 15 is 0 Å². The zero-order chi connectivity index (χ0) is 18.4. The molecule has 2 aromatic carbocycles. The molecule has 1 aliphatic carbocycles. The van der Waals surface area contributed by atoms with Gasteiger partial charge in [0.2, 0.25) is 5.91 Å². The van der Waals surface area contributed by atoms with Crippen molar-refractivity contribution in [2.24, 2.45) is 0 Å². The molecule has 1 aliphatic rings. The minimum absolute atomic E-state index is 0.0139. The fraction of sp³-hybridized carbons (Fsp3) is 0.333. The first-order valence-electron chi connectivity index (χ1n) is 9.06. The molecule has 0 fully saturated rings. The Bertz CT molecular complexity index is 788. The molecular weight excluding hydrogens is 328 g/mol. The molecule has 2 amide bonds. The highest BCUT2D eigenvalue weighted by Gasteiger charge is 2.21. The fourth-order valence-electron chi connectivity index (χ4n) is 3.34. The van der Waals surface area contributed by atoms with Gasteiger partial charge in [-0.1, -0.05) is 36.4 Å². The summed E-state index contributed by atoms with van der Waals surface area (Å²) >= 11 is 0. The molecule has 0 radical (unpaired) electrons. The number of aryl methyl sites for hydroxylation is 1. The third-order valence-corrected chi connectivity index (χ3v) is 4.55. The summed E-state index contributed by atoms with van der Waals surface area (Å²) in [5, 5.41) is 5.72. The van der Waals surface area contributed by atoms with Crippen LogP contribution in [-0.2, 0) is 11.2 Å². The highest BCUT2D eigenvalue weighted by Crippen LogP contribution is 2.29. The first-order chi connectivity index (χ1) is 12.7. The molecule has 2 aromatic rings. The Hall–Kier alpha value is -2.82. The maximum absolute atomic E-state index is 12.4. The van der Waals surface area contributed by atoms with Crippen LogP contribution in [0.3, 0.4) is 0 Å². The van der Waals surface area contributed by atoms with Crippen LogP contribution in [-0.4, -0.2) is 25.0 Å². The maximum Gasteiger partial charge on any atom is 0.255 e. The zero-order valence-corrected chi connectivity index (χ0v) is 15.0. The lowest BCUT2D eigenvalue weighted by atomic mass is 9.88. The van der Waals surface area contributed by atoms with Crippen molar-refractivity contribution in [3.05, 3.63) is 65.2 Å². The number of rotatable bonds is 6. The standard InChI is InChI=1S/C21H24N2O3/c1-2-26-19-13-6-5-11-17(19)21(25)22-14-20(24)23-18-12-7-9-15-8-3-4-10-16(15)18/h3-6,8,10-11,13,18H,2,7,9,12,14H2,1H3,(H,22,25)(H,23,24)/t18-/m0/s1. The predicted molar refractivity (Wildman–Crippen MR) is 100 cm³/mol. The number of carbonyl (C=O) groups is 2. The minimum Gasteiger partial charge on any atom is -0.493 e. The van der Waals surface area contributed by atoms with Gasteiger partial charge in [-0.3, -0.25) is 9.59 Å². The second kappa shape index (κ2) is 8.52. The van der Waals surface area contributed by atoms with Crippen LogP contribution in [0, 0.1) is 0 Å². The van der Waals surface area contributed by atoms with Crippen LogP contribution in [0.5, 0.6) is 5.75 Å². The van der Waals surface area contributed by atoms with E-state index in [2.05, 4.69) is 22.8 Å². The highest BCUT2D eigenvalue weighted by molar-refractivity contribution is 5.98. The van der Waals surface area contributed by atoms with Gasteiger partial charge >= 0.3 is 0 Å². The van der Waals surface area contributed by atoms with E-state index in [-0.39, 0.29) is 24.4 Å². The van der Waals surface area contributed by atoms with E-state index in [1.165, 1.54) is 11.1 Å². The van der Waals surface area contributed by atoms with Crippen LogP contribution in [0.1, 0.15) is 47.3 Å². The molecular formula is C21H24N2O3. The number of amides is 2. The molecule has 0 saturated heterocycles. The Kier molecular flexibility index (Phi) is 5.89. The number of hydrogen-bond acceptors (Lipinski definition) is 3. The molecule has 5 nitrogen and oxygen atoms in total. The van der Waals surface area contributed by atoms with Gasteiger partial charge in [0.25, 0.3) is 5.91 Å². The predicted octanol–water partition coefficient (Wildman–Crippen LogP) is 3.01. The van der Waals surface area contributed by atoms with Crippen LogP contribution in [0.2, 0.25) is 0 Å². The van der Waals surface area contributed by atoms with Crippen molar-refractivity contribution >= 4 is 11.8 Å². The van der Waals surface area contributed by atoms with Crippen LogP contribution >= 0.6 is 0 Å². The Morgan fingerprint density at radius 3 is 2.73 bits per heavy atom. The number of fused-ring (bicyclic) bond motifs is 1. The lowest BCUT2D eigenvalue weighted by Crippen LogP contribution is -2.39. The van der Waals surface area contributed by atoms with E-state index in [9.17, 15) is 9.59 Å². The molecule has 0 bridgehead atoms. The topological polar surface area (TPSA) is 67.4 Å². The van der Waals surface area contributed by atoms with Crippen molar-refractivity contribution in [3.8, 4) is 5.75 Å². The quantitative estimate of drug-likeness (QED) is 0.840. The summed E-state index contributed by atoms with van der Waals surface area (Å²) in [6.45, 7) is 2.29. The molecule has 0 heterocycles. The average molecular weight is 352 g/mol. The summed E-state index contributed by atoms with van der Waals surface area (Å²) in [6, 6.07) is 15.2. The Balaban J connectivity index is 1.58. The van der Waals surface area contributed by atoms with Crippen LogP contribution in [0.25, 0.3) is 0 Å². The van der Waals surface area contributed by atoms with E-state index in [1.807, 2.05) is 25.1 Å². The van der Waals surface area contributed by atoms with E-state index in [1.54, 1.807) is 18.2 Å². The van der Waals surface area contributed by atoms with E-state index in [4.69, 9.17) is 4.74 Å². The smallest absolute Gasteiger partial charge is 0.255 e. The summed E-state index contributed by atoms with van der Waals surface area (Å²) < 4.78 is 5.46. The summed E-state index contributed by atoms with van der Waals surface area (Å²) in [5.74, 6) is 0.0244. The molecule has 0 aliphatic heterocycles. The van der Waals surface area contributed by atoms with Gasteiger partial charge in [0, 0.05) is 0 Å². The fourth-order valence-corrected chi connectivity index (χ4v) is 3.34. The lowest BCUT2D eigenvalue weighted by molar-refractivity contribution is -0.121. The van der Waals surface area contributed by atoms with E-state index in [0.717, 1.165) is 19.3 Å². The molecule has 0 unspecified atom stereocenters. The highest BCUT2D eigenvalue weighted by atomic mass is 16.5. The van der Waals surface area contributed by atoms with Crippen molar-refractivity contribution < 1.29 is 14.3 Å². The SMILES string of the molecule is CCOc1ccccc1C(=O)NCC(=O)N[C@H]1CCCc2ccccc21. The van der Waals surface area contributed by atoms with Crippen molar-refractivity contribution in [2.75, 3.05) is 13.2 Å². The number of ether oxygens (including phenoxy) is 1. The van der Waals surface area contributed by atoms with Crippen molar-refractivity contribution in [3.63, 3.8) is 0 Å². The van der Waals surface area contributed by atoms with Crippen LogP contribution in [0.4, 0.5) is 0 Å². The van der Waals surface area contributed by atoms with Gasteiger partial charge in [0.1, 0.15) is 5.75 Å². The second-order valence-corrected chi connectivity index (χ2v) is 6.32. The molecule has 5 heteroatoms. The second-order valence-electron chi connectivity index (χ2n) is 6.32. The lowest BCUT2D eigenvalue weighted by Gasteiger charge is -2.26. The van der Waals surface area contributed by atoms with Gasteiger partial charge in [-0.25, -0.2) is 0 Å². The summed E-state index contributed by atoms with van der Waals surface area (Å²) in [7, 11) is 0. The Labute approximate surface area is 153 Å². The third kappa shape index (κ3) is 4.23. The first kappa shape index (κ1) is 18.0. The summed E-state index contributed by atoms with van der Waals surface area (Å²) in [6.07, 6.45) is 3.02. The number of hydrogen-bond donors (Lipinski definition) is 2. The van der Waals surface area contributed by atoms with Crippen molar-refractivity contribution in [2.45, 2.75) is 32.2 Å². The largest absolute Gasteiger partial charge is 0.493 e. The number of carbonyl (C=O) groups excluding carboxylic acids is 2. The molecule has 26 heavy (non-hydrogen) atoms. The van der Waals surface area contributed by atoms with Crippen molar-refractivity contribution in [1.82, 2.24) is 10.6 Å². The maximum atomic E-state index is 12.4. The molecule has 0 spiro atoms. The number of para-hydroxylation sites is 1. The molecule has 136 valence electrons. The van der Waals surface area contributed by atoms with Crippen molar-refractivity contribution in [1.29, 1.82) is 0 Å². The van der Waals surface area contributed by atoms with Crippen LogP contribution < -0.4 is 15.4 Å². The van der Waals surface area contributed by atoms with Gasteiger partial charge in [0.05, 0.1) is 24.8 Å². The summed E-state index contributed by atoms with van der Waals surface area (Å²) in [5.41, 5.74) is 2.91. The average Bonchev–Trinajstić information content (AvgIpc) is 2.67. The molecule has 2 N–H and O–H groups in total. The van der Waals surface area contributed by atoms with Gasteiger partial charge < -0.3 is 15.4 Å². The van der Waals surface area contributed by atoms with Gasteiger partial charge in [-0.2, -0.15) is 0 Å². The molecule has 0 aromatic heterocycles. The summed E-state index contributed by atoms with van der Waals surface area (Å²) in [4.78, 5) is 24.7. The molecule has 1 atom stereocenters. The van der Waals surface area contributed by atoms with Gasteiger partial charge in [-0.15, -0.1) is 0 Å². The Morgan fingerprint density at radius 1 is 1.12 bits per heavy atom. The number of benzene rings is 2. The van der Waals surface area contributed by atoms with E-state index in [0.29, 0.717) is 17.9 Å². The zero-order valence-electron chi connectivity index (χ0n) is 15.0. The van der Waals surface area contributed by atoms with Crippen LogP contribution in [0.15, 0.2) is 48.5 Å².